The molecule has 2 aromatic rings. The van der Waals surface area contributed by atoms with Crippen LogP contribution >= 0.6 is 24.8 Å². The van der Waals surface area contributed by atoms with Crippen molar-refractivity contribution in [1.82, 2.24) is 9.88 Å². The van der Waals surface area contributed by atoms with Crippen molar-refractivity contribution in [1.29, 1.82) is 0 Å². The van der Waals surface area contributed by atoms with Gasteiger partial charge in [-0.3, -0.25) is 4.79 Å². The highest BCUT2D eigenvalue weighted by molar-refractivity contribution is 5.99. The molecule has 154 valence electrons. The van der Waals surface area contributed by atoms with Crippen LogP contribution in [0.25, 0.3) is 0 Å². The molecule has 0 aliphatic carbocycles. The molecule has 1 fully saturated rings. The number of nitrogens with one attached hydrogen (secondary N) is 1. The van der Waals surface area contributed by atoms with Crippen molar-refractivity contribution in [2.24, 2.45) is 11.7 Å². The van der Waals surface area contributed by atoms with Gasteiger partial charge in [-0.25, -0.2) is 4.98 Å². The Balaban J connectivity index is 0.00000196. The van der Waals surface area contributed by atoms with Crippen LogP contribution in [-0.2, 0) is 0 Å². The molecule has 3 N–H and O–H groups in total. The van der Waals surface area contributed by atoms with Gasteiger partial charge in [0.05, 0.1) is 18.4 Å². The predicted molar refractivity (Wildman–Crippen MR) is 117 cm³/mol. The summed E-state index contributed by atoms with van der Waals surface area (Å²) in [6, 6.07) is 11.3. The van der Waals surface area contributed by atoms with Gasteiger partial charge in [0.1, 0.15) is 11.6 Å². The van der Waals surface area contributed by atoms with Gasteiger partial charge in [-0.2, -0.15) is 0 Å². The SMILES string of the molecule is COc1ccccc1Nc1ncccc1C(=O)N1CCC(C(C)N)CC1.Cl.Cl. The molecule has 0 radical (unpaired) electrons. The van der Waals surface area contributed by atoms with E-state index in [-0.39, 0.29) is 36.8 Å². The van der Waals surface area contributed by atoms with Crippen molar-refractivity contribution < 1.29 is 9.53 Å². The topological polar surface area (TPSA) is 80.5 Å². The Kier molecular flexibility index (Phi) is 9.52. The lowest BCUT2D eigenvalue weighted by Gasteiger charge is -2.34. The van der Waals surface area contributed by atoms with Crippen molar-refractivity contribution >= 4 is 42.2 Å². The van der Waals surface area contributed by atoms with Gasteiger partial charge in [0.15, 0.2) is 0 Å². The van der Waals surface area contributed by atoms with E-state index in [2.05, 4.69) is 10.3 Å². The zero-order chi connectivity index (χ0) is 18.5. The minimum atomic E-state index is -0.00128. The number of aromatic nitrogens is 1. The molecule has 6 nitrogen and oxygen atoms in total. The molecule has 1 aliphatic rings. The van der Waals surface area contributed by atoms with Crippen LogP contribution < -0.4 is 15.8 Å². The van der Waals surface area contributed by atoms with E-state index in [0.717, 1.165) is 31.6 Å². The first kappa shape index (κ1) is 24.0. The highest BCUT2D eigenvalue weighted by Gasteiger charge is 2.27. The van der Waals surface area contributed by atoms with Gasteiger partial charge in [-0.15, -0.1) is 24.8 Å². The maximum Gasteiger partial charge on any atom is 0.257 e. The van der Waals surface area contributed by atoms with E-state index >= 15 is 0 Å². The summed E-state index contributed by atoms with van der Waals surface area (Å²) in [7, 11) is 1.62. The van der Waals surface area contributed by atoms with E-state index in [0.29, 0.717) is 23.0 Å². The Morgan fingerprint density at radius 1 is 1.21 bits per heavy atom. The fourth-order valence-corrected chi connectivity index (χ4v) is 3.35. The third kappa shape index (κ3) is 5.50. The maximum absolute atomic E-state index is 13.0. The van der Waals surface area contributed by atoms with Crippen molar-refractivity contribution in [2.45, 2.75) is 25.8 Å². The molecule has 0 saturated carbocycles. The van der Waals surface area contributed by atoms with Gasteiger partial charge >= 0.3 is 0 Å². The van der Waals surface area contributed by atoms with Crippen LogP contribution in [0.2, 0.25) is 0 Å². The molecule has 0 bridgehead atoms. The van der Waals surface area contributed by atoms with E-state index in [1.807, 2.05) is 42.2 Å². The van der Waals surface area contributed by atoms with Crippen molar-refractivity contribution in [2.75, 3.05) is 25.5 Å². The summed E-state index contributed by atoms with van der Waals surface area (Å²) in [4.78, 5) is 19.3. The Morgan fingerprint density at radius 2 is 1.89 bits per heavy atom. The minimum Gasteiger partial charge on any atom is -0.495 e. The Morgan fingerprint density at radius 3 is 2.54 bits per heavy atom. The normalized spacial score (nSPS) is 15.0. The fraction of sp³-hybridized carbons (Fsp3) is 0.400. The van der Waals surface area contributed by atoms with E-state index in [1.54, 1.807) is 19.4 Å². The number of amides is 1. The summed E-state index contributed by atoms with van der Waals surface area (Å²) in [6.45, 7) is 3.50. The Bertz CT molecular complexity index is 765. The zero-order valence-electron chi connectivity index (χ0n) is 16.1. The molecule has 1 unspecified atom stereocenters. The number of methoxy groups -OCH3 is 1. The number of piperidine rings is 1. The second-order valence-electron chi connectivity index (χ2n) is 6.71. The predicted octanol–water partition coefficient (Wildman–Crippen LogP) is 3.88. The number of nitrogens with zero attached hydrogens (tertiary/aromatic N) is 2. The number of para-hydroxylation sites is 2. The number of anilines is 2. The van der Waals surface area contributed by atoms with Crippen LogP contribution in [0.3, 0.4) is 0 Å². The summed E-state index contributed by atoms with van der Waals surface area (Å²) >= 11 is 0. The number of hydrogen-bond acceptors (Lipinski definition) is 5. The number of pyridine rings is 1. The average molecular weight is 427 g/mol. The van der Waals surface area contributed by atoms with Gasteiger partial charge in [0.2, 0.25) is 0 Å². The number of benzene rings is 1. The number of likely N-dealkylation sites (tertiary alicyclic amines) is 1. The fourth-order valence-electron chi connectivity index (χ4n) is 3.35. The number of carbonyl (C=O) groups is 1. The molecule has 8 heteroatoms. The van der Waals surface area contributed by atoms with E-state index in [9.17, 15) is 4.79 Å². The molecule has 1 aliphatic heterocycles. The van der Waals surface area contributed by atoms with Crippen molar-refractivity contribution in [3.8, 4) is 5.75 Å². The van der Waals surface area contributed by atoms with Crippen LogP contribution in [0.15, 0.2) is 42.6 Å². The van der Waals surface area contributed by atoms with Crippen LogP contribution in [-0.4, -0.2) is 42.0 Å². The van der Waals surface area contributed by atoms with Gasteiger partial charge in [-0.05, 0) is 49.9 Å². The third-order valence-electron chi connectivity index (χ3n) is 4.97. The summed E-state index contributed by atoms with van der Waals surface area (Å²) in [5.41, 5.74) is 7.35. The smallest absolute Gasteiger partial charge is 0.257 e. The molecule has 1 saturated heterocycles. The van der Waals surface area contributed by atoms with E-state index in [1.165, 1.54) is 0 Å². The lowest BCUT2D eigenvalue weighted by molar-refractivity contribution is 0.0681. The molecule has 1 atom stereocenters. The number of nitrogens with two attached hydrogens (primary N) is 1. The zero-order valence-corrected chi connectivity index (χ0v) is 17.8. The second-order valence-corrected chi connectivity index (χ2v) is 6.71. The molecule has 0 spiro atoms. The largest absolute Gasteiger partial charge is 0.495 e. The monoisotopic (exact) mass is 426 g/mol. The quantitative estimate of drug-likeness (QED) is 0.757. The van der Waals surface area contributed by atoms with Crippen LogP contribution in [0.4, 0.5) is 11.5 Å². The first-order valence-electron chi connectivity index (χ1n) is 9.00. The van der Waals surface area contributed by atoms with Crippen molar-refractivity contribution in [3.05, 3.63) is 48.2 Å². The average Bonchev–Trinajstić information content (AvgIpc) is 2.68. The Labute approximate surface area is 178 Å². The molecule has 1 amide bonds. The molecular formula is C20H28Cl2N4O2. The molecular weight excluding hydrogens is 399 g/mol. The highest BCUT2D eigenvalue weighted by Crippen LogP contribution is 2.29. The molecule has 2 heterocycles. The van der Waals surface area contributed by atoms with E-state index in [4.69, 9.17) is 10.5 Å². The van der Waals surface area contributed by atoms with Gasteiger partial charge in [0.25, 0.3) is 5.91 Å². The molecule has 1 aromatic carbocycles. The van der Waals surface area contributed by atoms with Crippen LogP contribution in [0, 0.1) is 5.92 Å². The van der Waals surface area contributed by atoms with Crippen molar-refractivity contribution in [3.63, 3.8) is 0 Å². The Hall–Kier alpha value is -2.02. The summed E-state index contributed by atoms with van der Waals surface area (Å²) < 4.78 is 5.37. The summed E-state index contributed by atoms with van der Waals surface area (Å²) in [5, 5.41) is 3.24. The van der Waals surface area contributed by atoms with Gasteiger partial charge in [0, 0.05) is 25.3 Å². The first-order valence-corrected chi connectivity index (χ1v) is 9.00. The maximum atomic E-state index is 13.0. The van der Waals surface area contributed by atoms with Crippen LogP contribution in [0.5, 0.6) is 5.75 Å². The number of rotatable bonds is 5. The first-order chi connectivity index (χ1) is 12.6. The molecule has 3 rings (SSSR count). The number of carbonyl (C=O) groups excluding carboxylic acids is 1. The summed E-state index contributed by atoms with van der Waals surface area (Å²) in [5.74, 6) is 1.73. The van der Waals surface area contributed by atoms with Gasteiger partial charge in [-0.1, -0.05) is 12.1 Å². The van der Waals surface area contributed by atoms with Gasteiger partial charge < -0.3 is 20.7 Å². The minimum absolute atomic E-state index is 0. The molecule has 28 heavy (non-hydrogen) atoms. The number of ether oxygens (including phenoxy) is 1. The summed E-state index contributed by atoms with van der Waals surface area (Å²) in [6.07, 6.45) is 3.56. The third-order valence-corrected chi connectivity index (χ3v) is 4.97. The lowest BCUT2D eigenvalue weighted by Crippen LogP contribution is -2.42. The van der Waals surface area contributed by atoms with Crippen LogP contribution in [0.1, 0.15) is 30.1 Å². The molecule has 1 aromatic heterocycles. The second kappa shape index (κ2) is 11.1. The number of halogens is 2. The highest BCUT2D eigenvalue weighted by atomic mass is 35.5. The number of hydrogen-bond donors (Lipinski definition) is 2. The lowest BCUT2D eigenvalue weighted by atomic mass is 9.90. The standard InChI is InChI=1S/C20H26N4O2.2ClH/c1-14(21)15-9-12-24(13-10-15)20(25)16-6-5-11-22-19(16)23-17-7-3-4-8-18(17)26-2;;/h3-8,11,14-15H,9-10,12-13,21H2,1-2H3,(H,22,23);2*1H. The van der Waals surface area contributed by atoms with E-state index < -0.39 is 0 Å².